The first kappa shape index (κ1) is 41.5. The SMILES string of the molecule is CC1=[C-]C(C)C=C1[Si](C)(C)C.FC(F)(F)c1cccc([C](=[Zr+2])c2cccc(C(F)(F)F)c2)c1.[Cl-].[Cl-].c1ccc2c(c1)[cH-]c1ccccc12. The Kier molecular flexibility index (Phi) is 14.6. The molecule has 0 fully saturated rings. The van der Waals surface area contributed by atoms with Crippen LogP contribution in [0.1, 0.15) is 36.1 Å². The molecule has 0 nitrogen and oxygen atoms in total. The average Bonchev–Trinajstić information content (AvgIpc) is 3.55. The number of alkyl halides is 6. The smallest absolute Gasteiger partial charge is 0.0771 e. The summed E-state index contributed by atoms with van der Waals surface area (Å²) in [6.45, 7) is 11.6. The normalized spacial score (nSPS) is 14.4. The molecule has 0 N–H and O–H groups in total. The van der Waals surface area contributed by atoms with Gasteiger partial charge in [0.1, 0.15) is 0 Å². The molecule has 0 aromatic heterocycles. The van der Waals surface area contributed by atoms with E-state index in [0.717, 1.165) is 48.5 Å². The van der Waals surface area contributed by atoms with Crippen LogP contribution in [0.2, 0.25) is 19.6 Å². The van der Waals surface area contributed by atoms with Gasteiger partial charge in [-0.3, -0.25) is 6.08 Å². The van der Waals surface area contributed by atoms with Gasteiger partial charge in [-0.25, -0.2) is 10.8 Å². The molecule has 0 bridgehead atoms. The first-order valence-corrected chi connectivity index (χ1v) is 19.5. The van der Waals surface area contributed by atoms with Gasteiger partial charge in [0.25, 0.3) is 0 Å². The maximum Gasteiger partial charge on any atom is -0.0771 e. The minimum absolute atomic E-state index is 0. The van der Waals surface area contributed by atoms with E-state index in [-0.39, 0.29) is 35.9 Å². The summed E-state index contributed by atoms with van der Waals surface area (Å²) in [7, 11) is -1.07. The molecular formula is C38H34Cl2F6SiZr-2. The van der Waals surface area contributed by atoms with E-state index < -0.39 is 31.6 Å². The number of benzene rings is 4. The summed E-state index contributed by atoms with van der Waals surface area (Å²) in [5.74, 6) is 0.553. The Morgan fingerprint density at radius 2 is 1.10 bits per heavy atom. The Bertz CT molecular complexity index is 1800. The predicted molar refractivity (Wildman–Crippen MR) is 176 cm³/mol. The van der Waals surface area contributed by atoms with Crippen molar-refractivity contribution in [3.8, 4) is 0 Å². The van der Waals surface area contributed by atoms with E-state index in [9.17, 15) is 26.3 Å². The van der Waals surface area contributed by atoms with Crippen LogP contribution in [-0.4, -0.2) is 11.3 Å². The van der Waals surface area contributed by atoms with Crippen LogP contribution < -0.4 is 24.8 Å². The molecule has 5 aromatic rings. The van der Waals surface area contributed by atoms with Crippen molar-refractivity contribution in [2.45, 2.75) is 45.8 Å². The third-order valence-electron chi connectivity index (χ3n) is 7.55. The summed E-state index contributed by atoms with van der Waals surface area (Å²) in [6.07, 6.45) is -3.16. The zero-order valence-corrected chi connectivity index (χ0v) is 32.0. The van der Waals surface area contributed by atoms with Gasteiger partial charge in [0.2, 0.25) is 0 Å². The van der Waals surface area contributed by atoms with Crippen LogP contribution in [0.4, 0.5) is 26.3 Å². The van der Waals surface area contributed by atoms with Crippen LogP contribution >= 0.6 is 0 Å². The number of allylic oxidation sites excluding steroid dienone is 4. The molecule has 1 aliphatic carbocycles. The van der Waals surface area contributed by atoms with Crippen molar-refractivity contribution in [2.75, 3.05) is 0 Å². The molecule has 0 heterocycles. The summed E-state index contributed by atoms with van der Waals surface area (Å²) < 4.78 is 76.7. The van der Waals surface area contributed by atoms with Crippen LogP contribution in [0.15, 0.2) is 120 Å². The predicted octanol–water partition coefficient (Wildman–Crippen LogP) is 5.75. The van der Waals surface area contributed by atoms with Crippen molar-refractivity contribution in [3.05, 3.63) is 148 Å². The zero-order valence-electron chi connectivity index (χ0n) is 27.0. The van der Waals surface area contributed by atoms with Gasteiger partial charge >= 0.3 is 137 Å². The van der Waals surface area contributed by atoms with Crippen LogP contribution in [0.3, 0.4) is 0 Å². The third-order valence-corrected chi connectivity index (χ3v) is 11.1. The van der Waals surface area contributed by atoms with E-state index in [1.165, 1.54) is 51.4 Å². The van der Waals surface area contributed by atoms with Crippen LogP contribution in [0, 0.1) is 12.0 Å². The molecule has 1 aliphatic rings. The quantitative estimate of drug-likeness (QED) is 0.124. The molecule has 0 amide bonds. The summed E-state index contributed by atoms with van der Waals surface area (Å²) in [5.41, 5.74) is 0.296. The summed E-state index contributed by atoms with van der Waals surface area (Å²) in [6, 6.07) is 28.4. The Morgan fingerprint density at radius 1 is 0.688 bits per heavy atom. The van der Waals surface area contributed by atoms with Crippen LogP contribution in [-0.2, 0) is 36.6 Å². The standard InChI is InChI=1S/C15H8F6.C13H9.C10H17Si.2ClH.Zr/c16-14(17,18)12-5-1-3-10(8-12)7-11-4-2-6-13(9-11)15(19,20)21;1-3-7-12-10(5-1)9-11-6-2-4-8-13(11)12;1-8-6-9(2)10(7-8)11(3,4)5;;;/h1-6,8-9H;1-9H;7-8H,1-5H3;2*1H;/q;2*-1;;;+2/p-2. The molecule has 0 spiro atoms. The molecule has 0 radical (unpaired) electrons. The number of halogens is 8. The minimum Gasteiger partial charge on any atom is -1.00 e. The first-order chi connectivity index (χ1) is 21.4. The molecule has 252 valence electrons. The summed E-state index contributed by atoms with van der Waals surface area (Å²) in [4.78, 5) is 0. The van der Waals surface area contributed by atoms with Crippen molar-refractivity contribution in [1.82, 2.24) is 0 Å². The Morgan fingerprint density at radius 3 is 1.44 bits per heavy atom. The van der Waals surface area contributed by atoms with Crippen molar-refractivity contribution < 1.29 is 75.4 Å². The van der Waals surface area contributed by atoms with E-state index in [1.807, 2.05) is 0 Å². The van der Waals surface area contributed by atoms with Gasteiger partial charge in [0.05, 0.1) is 0 Å². The number of hydrogen-bond donors (Lipinski definition) is 0. The molecular weight excluding hydrogens is 761 g/mol. The minimum atomic E-state index is -4.49. The van der Waals surface area contributed by atoms with Crippen LogP contribution in [0.5, 0.6) is 0 Å². The first-order valence-electron chi connectivity index (χ1n) is 14.7. The number of fused-ring (bicyclic) bond motifs is 3. The molecule has 5 aromatic carbocycles. The molecule has 48 heavy (non-hydrogen) atoms. The Labute approximate surface area is 306 Å². The topological polar surface area (TPSA) is 0 Å². The van der Waals surface area contributed by atoms with Gasteiger partial charge in [0.15, 0.2) is 0 Å². The van der Waals surface area contributed by atoms with Crippen molar-refractivity contribution in [1.29, 1.82) is 0 Å². The van der Waals surface area contributed by atoms with E-state index in [2.05, 4.69) is 100 Å². The van der Waals surface area contributed by atoms with E-state index in [0.29, 0.717) is 9.12 Å². The van der Waals surface area contributed by atoms with Crippen molar-refractivity contribution >= 4 is 32.8 Å². The fourth-order valence-electron chi connectivity index (χ4n) is 5.42. The number of hydrogen-bond acceptors (Lipinski definition) is 0. The maximum absolute atomic E-state index is 12.7. The van der Waals surface area contributed by atoms with Gasteiger partial charge in [-0.15, -0.1) is 39.7 Å². The Balaban J connectivity index is 0.000000263. The fourth-order valence-corrected chi connectivity index (χ4v) is 8.13. The second kappa shape index (κ2) is 16.8. The average molecular weight is 795 g/mol. The molecule has 1 unspecified atom stereocenters. The molecule has 1 atom stereocenters. The van der Waals surface area contributed by atoms with E-state index in [4.69, 9.17) is 0 Å². The fraction of sp³-hybridized carbons (Fsp3) is 0.211. The maximum atomic E-state index is 12.7. The second-order valence-corrected chi connectivity index (χ2v) is 18.5. The van der Waals surface area contributed by atoms with Crippen molar-refractivity contribution in [2.24, 2.45) is 5.92 Å². The third kappa shape index (κ3) is 10.7. The van der Waals surface area contributed by atoms with E-state index in [1.54, 1.807) is 5.20 Å². The molecule has 0 saturated carbocycles. The monoisotopic (exact) mass is 792 g/mol. The zero-order chi connectivity index (χ0) is 33.9. The largest absolute Gasteiger partial charge is 1.00 e. The molecule has 0 saturated heterocycles. The van der Waals surface area contributed by atoms with E-state index >= 15 is 0 Å². The van der Waals surface area contributed by atoms with Gasteiger partial charge in [-0.05, 0) is 8.07 Å². The summed E-state index contributed by atoms with van der Waals surface area (Å²) >= 11 is 0.729. The Hall–Kier alpha value is -2.64. The van der Waals surface area contributed by atoms with Gasteiger partial charge in [-0.1, -0.05) is 75.8 Å². The molecule has 0 aliphatic heterocycles. The van der Waals surface area contributed by atoms with Gasteiger partial charge < -0.3 is 24.8 Å². The second-order valence-electron chi connectivity index (χ2n) is 12.2. The number of rotatable bonds is 3. The van der Waals surface area contributed by atoms with Gasteiger partial charge in [0, 0.05) is 0 Å². The van der Waals surface area contributed by atoms with Crippen molar-refractivity contribution in [3.63, 3.8) is 0 Å². The molecule has 10 heteroatoms. The molecule has 6 rings (SSSR count). The van der Waals surface area contributed by atoms with Crippen LogP contribution in [0.25, 0.3) is 21.5 Å². The van der Waals surface area contributed by atoms with Gasteiger partial charge in [-0.2, -0.15) is 6.08 Å². The summed E-state index contributed by atoms with van der Waals surface area (Å²) in [5, 5.41) is 6.99.